The Labute approximate surface area is 88.9 Å². The van der Waals surface area contributed by atoms with Crippen LogP contribution in [-0.2, 0) is 0 Å². The number of hydrogen-bond donors (Lipinski definition) is 0. The van der Waals surface area contributed by atoms with E-state index in [-0.39, 0.29) is 6.04 Å². The number of methoxy groups -OCH3 is 1. The summed E-state index contributed by atoms with van der Waals surface area (Å²) in [5.41, 5.74) is 0. The normalized spacial score (nSPS) is 12.3. The highest BCUT2D eigenvalue weighted by molar-refractivity contribution is 6.18. The lowest BCUT2D eigenvalue weighted by Gasteiger charge is -2.23. The Kier molecular flexibility index (Phi) is 3.95. The van der Waals surface area contributed by atoms with Crippen molar-refractivity contribution < 1.29 is 4.74 Å². The fraction of sp³-hybridized carbons (Fsp3) is 0.556. The summed E-state index contributed by atoms with van der Waals surface area (Å²) >= 11 is 5.75. The van der Waals surface area contributed by atoms with Gasteiger partial charge in [-0.05, 0) is 6.92 Å². The average Bonchev–Trinajstić information content (AvgIpc) is 2.27. The Hall–Kier alpha value is -1.03. The predicted molar refractivity (Wildman–Crippen MR) is 57.2 cm³/mol. The van der Waals surface area contributed by atoms with Gasteiger partial charge in [-0.25, -0.2) is 0 Å². The molecule has 0 aliphatic carbocycles. The van der Waals surface area contributed by atoms with Crippen LogP contribution < -0.4 is 9.64 Å². The monoisotopic (exact) mass is 215 g/mol. The topological polar surface area (TPSA) is 38.2 Å². The van der Waals surface area contributed by atoms with E-state index >= 15 is 0 Å². The summed E-state index contributed by atoms with van der Waals surface area (Å²) in [5, 5.41) is 0. The zero-order valence-electron chi connectivity index (χ0n) is 8.57. The lowest BCUT2D eigenvalue weighted by molar-refractivity contribution is 0.395. The first kappa shape index (κ1) is 11.0. The number of hydrogen-bond acceptors (Lipinski definition) is 4. The molecule has 1 aromatic heterocycles. The fourth-order valence-electron chi connectivity index (χ4n) is 0.936. The van der Waals surface area contributed by atoms with Gasteiger partial charge >= 0.3 is 0 Å². The molecule has 0 bridgehead atoms. The second-order valence-corrected chi connectivity index (χ2v) is 3.34. The van der Waals surface area contributed by atoms with Gasteiger partial charge in [0.2, 0.25) is 5.88 Å². The molecule has 5 heteroatoms. The van der Waals surface area contributed by atoms with Gasteiger partial charge in [-0.2, -0.15) is 4.98 Å². The minimum atomic E-state index is 0.220. The van der Waals surface area contributed by atoms with Crippen molar-refractivity contribution >= 4 is 17.4 Å². The minimum Gasteiger partial charge on any atom is -0.480 e. The summed E-state index contributed by atoms with van der Waals surface area (Å²) in [6.45, 7) is 2.02. The molecule has 0 aliphatic rings. The molecular weight excluding hydrogens is 202 g/mol. The van der Waals surface area contributed by atoms with Crippen molar-refractivity contribution in [3.05, 3.63) is 12.4 Å². The maximum atomic E-state index is 5.75. The number of aromatic nitrogens is 2. The maximum absolute atomic E-state index is 5.75. The lowest BCUT2D eigenvalue weighted by atomic mass is 10.3. The first-order chi connectivity index (χ1) is 6.69. The molecule has 0 amide bonds. The van der Waals surface area contributed by atoms with Crippen molar-refractivity contribution in [2.45, 2.75) is 13.0 Å². The lowest BCUT2D eigenvalue weighted by Crippen LogP contribution is -2.30. The second kappa shape index (κ2) is 5.00. The molecule has 0 aliphatic heterocycles. The van der Waals surface area contributed by atoms with E-state index in [1.807, 2.05) is 18.9 Å². The Balaban J connectivity index is 2.83. The zero-order valence-corrected chi connectivity index (χ0v) is 9.32. The highest BCUT2D eigenvalue weighted by Crippen LogP contribution is 2.14. The first-order valence-electron chi connectivity index (χ1n) is 4.34. The van der Waals surface area contributed by atoms with Crippen LogP contribution in [0.5, 0.6) is 5.88 Å². The van der Waals surface area contributed by atoms with Gasteiger partial charge in [0.15, 0.2) is 5.82 Å². The van der Waals surface area contributed by atoms with E-state index in [0.717, 1.165) is 5.82 Å². The van der Waals surface area contributed by atoms with Gasteiger partial charge in [0.1, 0.15) is 0 Å². The van der Waals surface area contributed by atoms with Crippen molar-refractivity contribution in [2.24, 2.45) is 0 Å². The van der Waals surface area contributed by atoms with Crippen LogP contribution in [0.4, 0.5) is 5.82 Å². The molecule has 1 unspecified atom stereocenters. The largest absolute Gasteiger partial charge is 0.480 e. The molecule has 14 heavy (non-hydrogen) atoms. The maximum Gasteiger partial charge on any atom is 0.233 e. The quantitative estimate of drug-likeness (QED) is 0.715. The molecule has 1 aromatic rings. The number of halogens is 1. The van der Waals surface area contributed by atoms with Gasteiger partial charge in [-0.15, -0.1) is 11.6 Å². The summed E-state index contributed by atoms with van der Waals surface area (Å²) < 4.78 is 4.99. The molecule has 0 saturated heterocycles. The molecule has 0 fully saturated rings. The fourth-order valence-corrected chi connectivity index (χ4v) is 1.14. The molecule has 0 N–H and O–H groups in total. The van der Waals surface area contributed by atoms with E-state index in [1.165, 1.54) is 0 Å². The molecule has 1 atom stereocenters. The molecule has 0 aromatic carbocycles. The van der Waals surface area contributed by atoms with Crippen LogP contribution in [0.1, 0.15) is 6.92 Å². The van der Waals surface area contributed by atoms with Crippen LogP contribution in [0, 0.1) is 0 Å². The smallest absolute Gasteiger partial charge is 0.233 e. The van der Waals surface area contributed by atoms with Crippen LogP contribution in [0.15, 0.2) is 12.4 Å². The molecule has 78 valence electrons. The number of nitrogens with zero attached hydrogens (tertiary/aromatic N) is 3. The Morgan fingerprint density at radius 3 is 2.86 bits per heavy atom. The van der Waals surface area contributed by atoms with Crippen molar-refractivity contribution in [3.63, 3.8) is 0 Å². The van der Waals surface area contributed by atoms with E-state index < -0.39 is 0 Å². The van der Waals surface area contributed by atoms with E-state index in [1.54, 1.807) is 19.5 Å². The van der Waals surface area contributed by atoms with Gasteiger partial charge in [0.25, 0.3) is 0 Å². The van der Waals surface area contributed by atoms with Crippen LogP contribution in [0.25, 0.3) is 0 Å². The molecule has 1 heterocycles. The summed E-state index contributed by atoms with van der Waals surface area (Å²) in [7, 11) is 3.50. The van der Waals surface area contributed by atoms with Crippen LogP contribution >= 0.6 is 11.6 Å². The first-order valence-corrected chi connectivity index (χ1v) is 4.87. The number of rotatable bonds is 4. The van der Waals surface area contributed by atoms with Crippen molar-refractivity contribution in [2.75, 3.05) is 24.9 Å². The van der Waals surface area contributed by atoms with Gasteiger partial charge in [-0.1, -0.05) is 0 Å². The predicted octanol–water partition coefficient (Wildman–Crippen LogP) is 1.55. The third kappa shape index (κ3) is 2.48. The standard InChI is InChI=1S/C9H14ClN3O/c1-7(4-10)13(2)8-5-11-6-9(12-8)14-3/h5-7H,4H2,1-3H3. The van der Waals surface area contributed by atoms with Crippen molar-refractivity contribution in [1.82, 2.24) is 9.97 Å². The van der Waals surface area contributed by atoms with Gasteiger partial charge < -0.3 is 9.64 Å². The van der Waals surface area contributed by atoms with E-state index in [9.17, 15) is 0 Å². The van der Waals surface area contributed by atoms with E-state index in [2.05, 4.69) is 9.97 Å². The van der Waals surface area contributed by atoms with E-state index in [4.69, 9.17) is 16.3 Å². The second-order valence-electron chi connectivity index (χ2n) is 3.03. The average molecular weight is 216 g/mol. The Morgan fingerprint density at radius 2 is 2.29 bits per heavy atom. The van der Waals surface area contributed by atoms with Gasteiger partial charge in [0.05, 0.1) is 19.5 Å². The van der Waals surface area contributed by atoms with E-state index in [0.29, 0.717) is 11.8 Å². The summed E-state index contributed by atoms with van der Waals surface area (Å²) in [6.07, 6.45) is 3.26. The molecule has 1 rings (SSSR count). The van der Waals surface area contributed by atoms with Crippen LogP contribution in [-0.4, -0.2) is 36.0 Å². The number of alkyl halides is 1. The molecule has 4 nitrogen and oxygen atoms in total. The summed E-state index contributed by atoms with van der Waals surface area (Å²) in [6, 6.07) is 0.220. The highest BCUT2D eigenvalue weighted by atomic mass is 35.5. The van der Waals surface area contributed by atoms with Crippen molar-refractivity contribution in [1.29, 1.82) is 0 Å². The minimum absolute atomic E-state index is 0.220. The molecule has 0 radical (unpaired) electrons. The summed E-state index contributed by atoms with van der Waals surface area (Å²) in [4.78, 5) is 10.2. The van der Waals surface area contributed by atoms with Crippen molar-refractivity contribution in [3.8, 4) is 5.88 Å². The Morgan fingerprint density at radius 1 is 1.57 bits per heavy atom. The summed E-state index contributed by atoms with van der Waals surface area (Å²) in [5.74, 6) is 1.82. The molecular formula is C9H14ClN3O. The Bertz CT molecular complexity index is 295. The molecule has 0 spiro atoms. The third-order valence-electron chi connectivity index (χ3n) is 2.05. The zero-order chi connectivity index (χ0) is 10.6. The highest BCUT2D eigenvalue weighted by Gasteiger charge is 2.10. The number of anilines is 1. The van der Waals surface area contributed by atoms with Gasteiger partial charge in [-0.3, -0.25) is 4.98 Å². The molecule has 0 saturated carbocycles. The third-order valence-corrected chi connectivity index (χ3v) is 2.50. The van der Waals surface area contributed by atoms with Gasteiger partial charge in [0, 0.05) is 19.0 Å². The number of ether oxygens (including phenoxy) is 1. The SMILES string of the molecule is COc1cncc(N(C)C(C)CCl)n1. The van der Waals surface area contributed by atoms with Crippen LogP contribution in [0.3, 0.4) is 0 Å². The van der Waals surface area contributed by atoms with Crippen LogP contribution in [0.2, 0.25) is 0 Å².